The van der Waals surface area contributed by atoms with Gasteiger partial charge in [0, 0.05) is 24.6 Å². The maximum atomic E-state index is 14.5. The van der Waals surface area contributed by atoms with Crippen LogP contribution in [0.2, 0.25) is 0 Å². The molecule has 2 aromatic rings. The summed E-state index contributed by atoms with van der Waals surface area (Å²) in [5.74, 6) is -0.680. The van der Waals surface area contributed by atoms with Gasteiger partial charge in [-0.2, -0.15) is 0 Å². The van der Waals surface area contributed by atoms with Crippen LogP contribution in [0.4, 0.5) is 4.79 Å². The lowest BCUT2D eigenvalue weighted by molar-refractivity contribution is -0.140. The van der Waals surface area contributed by atoms with Crippen LogP contribution in [0, 0.1) is 11.3 Å². The van der Waals surface area contributed by atoms with Gasteiger partial charge in [0.15, 0.2) is 5.78 Å². The summed E-state index contributed by atoms with van der Waals surface area (Å²) in [5.41, 5.74) is -0.508. The number of alkyl carbamates (subject to hydrolysis) is 1. The average molecular weight is 737 g/mol. The standard InChI is InChI=1S/C38H48N4O9S/c1-37(2,3)51-36(46)40-29-14-8-6-4-5-7-11-23-20-38(23,35(45)41-52(47,48)25-15-16-25)21-31(43)30-19-24(22-42(30)34(29)44)50-33-27-17-18-49-32(27)26-12-9-10-13-28(26)39-33/h7,9-13,23-25,29-30H,4-6,8,14-22H2,1-3H3,(H,40,46)(H,41,45)/b11-7-/t23-,24-,29+,30+,38-/m1/s1. The van der Waals surface area contributed by atoms with Crippen molar-refractivity contribution in [3.8, 4) is 11.6 Å². The Hall–Kier alpha value is -4.20. The van der Waals surface area contributed by atoms with Crippen LogP contribution < -0.4 is 19.5 Å². The number of fused-ring (bicyclic) bond motifs is 5. The number of para-hydroxylation sites is 1. The first-order valence-electron chi connectivity index (χ1n) is 18.5. The number of hydrogen-bond acceptors (Lipinski definition) is 10. The predicted molar refractivity (Wildman–Crippen MR) is 191 cm³/mol. The van der Waals surface area contributed by atoms with Gasteiger partial charge in [-0.25, -0.2) is 18.2 Å². The van der Waals surface area contributed by atoms with Gasteiger partial charge >= 0.3 is 6.09 Å². The van der Waals surface area contributed by atoms with E-state index in [2.05, 4.69) is 10.0 Å². The molecule has 13 nitrogen and oxygen atoms in total. The molecule has 0 radical (unpaired) electrons. The van der Waals surface area contributed by atoms with Crippen molar-refractivity contribution in [2.24, 2.45) is 11.3 Å². The van der Waals surface area contributed by atoms with Gasteiger partial charge in [0.25, 0.3) is 0 Å². The van der Waals surface area contributed by atoms with E-state index in [9.17, 15) is 27.6 Å². The van der Waals surface area contributed by atoms with Crippen LogP contribution in [0.25, 0.3) is 10.9 Å². The van der Waals surface area contributed by atoms with E-state index in [1.165, 1.54) is 4.90 Å². The van der Waals surface area contributed by atoms with Gasteiger partial charge in [-0.15, -0.1) is 0 Å². The third-order valence-electron chi connectivity index (χ3n) is 10.7. The third-order valence-corrected chi connectivity index (χ3v) is 12.5. The van der Waals surface area contributed by atoms with E-state index in [1.54, 1.807) is 20.8 Å². The number of carbonyl (C=O) groups excluding carboxylic acids is 4. The summed E-state index contributed by atoms with van der Waals surface area (Å²) in [5, 5.41) is 3.06. The second-order valence-electron chi connectivity index (χ2n) is 15.9. The van der Waals surface area contributed by atoms with E-state index in [-0.39, 0.29) is 31.1 Å². The molecular formula is C38H48N4O9S. The van der Waals surface area contributed by atoms with Crippen molar-refractivity contribution < 1.29 is 41.8 Å². The van der Waals surface area contributed by atoms with Crippen molar-refractivity contribution in [2.45, 2.75) is 120 Å². The summed E-state index contributed by atoms with van der Waals surface area (Å²) in [6.07, 6.45) is 7.70. The fourth-order valence-corrected chi connectivity index (χ4v) is 9.12. The monoisotopic (exact) mass is 736 g/mol. The molecule has 280 valence electrons. The smallest absolute Gasteiger partial charge is 0.408 e. The molecule has 0 bridgehead atoms. The highest BCUT2D eigenvalue weighted by molar-refractivity contribution is 7.90. The van der Waals surface area contributed by atoms with Crippen molar-refractivity contribution in [3.05, 3.63) is 42.0 Å². The van der Waals surface area contributed by atoms with Crippen molar-refractivity contribution >= 4 is 44.6 Å². The first kappa shape index (κ1) is 36.2. The number of benzene rings is 1. The number of amides is 3. The number of hydrogen-bond donors (Lipinski definition) is 2. The first-order chi connectivity index (χ1) is 24.7. The molecule has 2 saturated carbocycles. The highest BCUT2D eigenvalue weighted by Crippen LogP contribution is 2.57. The van der Waals surface area contributed by atoms with E-state index in [4.69, 9.17) is 19.2 Å². The van der Waals surface area contributed by atoms with E-state index >= 15 is 0 Å². The second-order valence-corrected chi connectivity index (χ2v) is 17.8. The third kappa shape index (κ3) is 7.62. The first-order valence-corrected chi connectivity index (χ1v) is 20.1. The SMILES string of the molecule is CC(C)(C)OC(=O)N[C@H]1CCCCC/C=C\[C@@H]2C[C@@]2(C(=O)NS(=O)(=O)C2CC2)CC(=O)[C@@H]2C[C@@H](Oc3nc4ccccc4c4c3CCO4)CN2C1=O. The molecular weight excluding hydrogens is 689 g/mol. The highest BCUT2D eigenvalue weighted by Gasteiger charge is 2.61. The number of sulfonamides is 1. The van der Waals surface area contributed by atoms with E-state index < -0.39 is 62.4 Å². The minimum absolute atomic E-state index is 0.0461. The minimum atomic E-state index is -3.84. The molecule has 14 heteroatoms. The van der Waals surface area contributed by atoms with Gasteiger partial charge in [-0.1, -0.05) is 37.1 Å². The number of ether oxygens (including phenoxy) is 3. The van der Waals surface area contributed by atoms with E-state index in [0.717, 1.165) is 30.2 Å². The largest absolute Gasteiger partial charge is 0.492 e. The molecule has 2 N–H and O–H groups in total. The predicted octanol–water partition coefficient (Wildman–Crippen LogP) is 4.51. The Labute approximate surface area is 304 Å². The number of nitrogens with one attached hydrogen (secondary N) is 2. The number of aromatic nitrogens is 1. The van der Waals surface area contributed by atoms with Crippen LogP contribution in [0.3, 0.4) is 0 Å². The second kappa shape index (κ2) is 14.0. The Balaban J connectivity index is 1.20. The normalized spacial score (nSPS) is 28.7. The number of ketones is 1. The summed E-state index contributed by atoms with van der Waals surface area (Å²) in [6.45, 7) is 5.75. The number of rotatable bonds is 6. The molecule has 52 heavy (non-hydrogen) atoms. The summed E-state index contributed by atoms with van der Waals surface area (Å²) in [4.78, 5) is 62.0. The maximum Gasteiger partial charge on any atom is 0.408 e. The molecule has 1 aromatic carbocycles. The molecule has 4 heterocycles. The topological polar surface area (TPSA) is 170 Å². The number of pyridine rings is 1. The van der Waals surface area contributed by atoms with Crippen LogP contribution in [-0.2, 0) is 35.6 Å². The average Bonchev–Trinajstić information content (AvgIpc) is 3.95. The van der Waals surface area contributed by atoms with Gasteiger partial charge in [0.2, 0.25) is 27.7 Å². The van der Waals surface area contributed by atoms with Gasteiger partial charge in [0.1, 0.15) is 23.5 Å². The van der Waals surface area contributed by atoms with E-state index in [1.807, 2.05) is 36.4 Å². The Morgan fingerprint density at radius 2 is 1.87 bits per heavy atom. The lowest BCUT2D eigenvalue weighted by Gasteiger charge is -2.30. The molecule has 3 amide bonds. The highest BCUT2D eigenvalue weighted by atomic mass is 32.2. The fourth-order valence-electron chi connectivity index (χ4n) is 7.73. The molecule has 7 rings (SSSR count). The molecule has 1 saturated heterocycles. The Kier molecular flexibility index (Phi) is 9.72. The maximum absolute atomic E-state index is 14.5. The number of nitrogens with zero attached hydrogens (tertiary/aromatic N) is 2. The molecule has 3 aliphatic heterocycles. The van der Waals surface area contributed by atoms with Gasteiger partial charge in [-0.05, 0) is 77.3 Å². The van der Waals surface area contributed by atoms with Crippen LogP contribution >= 0.6 is 0 Å². The summed E-state index contributed by atoms with van der Waals surface area (Å²) < 4.78 is 46.0. The fraction of sp³-hybridized carbons (Fsp3) is 0.605. The lowest BCUT2D eigenvalue weighted by atomic mass is 9.91. The van der Waals surface area contributed by atoms with E-state index in [0.29, 0.717) is 62.3 Å². The minimum Gasteiger partial charge on any atom is -0.492 e. The lowest BCUT2D eigenvalue weighted by Crippen LogP contribution is -2.53. The van der Waals surface area contributed by atoms with Crippen LogP contribution in [0.1, 0.15) is 90.5 Å². The van der Waals surface area contributed by atoms with Crippen LogP contribution in [0.5, 0.6) is 11.6 Å². The molecule has 0 spiro atoms. The van der Waals surface area contributed by atoms with Gasteiger partial charge in [0.05, 0.1) is 40.9 Å². The van der Waals surface area contributed by atoms with Crippen molar-refractivity contribution in [3.63, 3.8) is 0 Å². The molecule has 5 atom stereocenters. The van der Waals surface area contributed by atoms with Crippen molar-refractivity contribution in [1.29, 1.82) is 0 Å². The van der Waals surface area contributed by atoms with Crippen LogP contribution in [0.15, 0.2) is 36.4 Å². The van der Waals surface area contributed by atoms with Crippen molar-refractivity contribution in [1.82, 2.24) is 19.9 Å². The van der Waals surface area contributed by atoms with Crippen molar-refractivity contribution in [2.75, 3.05) is 13.2 Å². The van der Waals surface area contributed by atoms with Gasteiger partial charge in [-0.3, -0.25) is 19.1 Å². The van der Waals surface area contributed by atoms with Crippen LogP contribution in [-0.4, -0.2) is 84.2 Å². The molecule has 2 aliphatic carbocycles. The Bertz CT molecular complexity index is 1900. The molecule has 5 aliphatic rings. The summed E-state index contributed by atoms with van der Waals surface area (Å²) in [7, 11) is -3.84. The zero-order valence-electron chi connectivity index (χ0n) is 30.0. The molecule has 3 fully saturated rings. The summed E-state index contributed by atoms with van der Waals surface area (Å²) >= 11 is 0. The zero-order chi connectivity index (χ0) is 36.8. The molecule has 1 aromatic heterocycles. The zero-order valence-corrected chi connectivity index (χ0v) is 30.8. The summed E-state index contributed by atoms with van der Waals surface area (Å²) in [6, 6.07) is 5.67. The Morgan fingerprint density at radius 1 is 1.08 bits per heavy atom. The number of carbonyl (C=O) groups is 4. The Morgan fingerprint density at radius 3 is 2.63 bits per heavy atom. The quantitative estimate of drug-likeness (QED) is 0.403. The molecule has 0 unspecified atom stereocenters. The number of allylic oxidation sites excluding steroid dienone is 2. The number of Topliss-reactive ketones (excluding diaryl/α,β-unsaturated/α-hetero) is 1. The van der Waals surface area contributed by atoms with Gasteiger partial charge < -0.3 is 24.4 Å².